The first-order valence-electron chi connectivity index (χ1n) is 7.20. The van der Waals surface area contributed by atoms with Crippen LogP contribution in [-0.2, 0) is 6.54 Å². The zero-order chi connectivity index (χ0) is 13.8. The summed E-state index contributed by atoms with van der Waals surface area (Å²) in [5.74, 6) is 1.63. The molecule has 0 atom stereocenters. The number of methoxy groups -OCH3 is 1. The number of rotatable bonds is 6. The quantitative estimate of drug-likeness (QED) is 0.877. The minimum atomic E-state index is 0.651. The Balaban J connectivity index is 1.39. The van der Waals surface area contributed by atoms with Crippen LogP contribution in [0.25, 0.3) is 0 Å². The Morgan fingerprint density at radius 3 is 2.75 bits per heavy atom. The van der Waals surface area contributed by atoms with E-state index in [0.717, 1.165) is 18.8 Å². The van der Waals surface area contributed by atoms with Crippen molar-refractivity contribution in [2.24, 2.45) is 0 Å². The number of aromatic nitrogens is 2. The van der Waals surface area contributed by atoms with Crippen molar-refractivity contribution < 1.29 is 4.74 Å². The summed E-state index contributed by atoms with van der Waals surface area (Å²) in [4.78, 5) is 0. The van der Waals surface area contributed by atoms with Gasteiger partial charge in [-0.2, -0.15) is 5.10 Å². The lowest BCUT2D eigenvalue weighted by molar-refractivity contribution is 0.286. The maximum atomic E-state index is 5.19. The number of nitrogens with one attached hydrogen (secondary N) is 1. The maximum Gasteiger partial charge on any atom is 0.118 e. The molecule has 0 amide bonds. The van der Waals surface area contributed by atoms with Crippen molar-refractivity contribution in [2.75, 3.05) is 13.7 Å². The summed E-state index contributed by atoms with van der Waals surface area (Å²) in [6.07, 6.45) is 6.28. The van der Waals surface area contributed by atoms with Crippen molar-refractivity contribution in [3.05, 3.63) is 48.3 Å². The van der Waals surface area contributed by atoms with Gasteiger partial charge in [0.2, 0.25) is 0 Å². The third kappa shape index (κ3) is 3.02. The van der Waals surface area contributed by atoms with E-state index in [1.807, 2.05) is 35.3 Å². The molecule has 0 aliphatic heterocycles. The van der Waals surface area contributed by atoms with Gasteiger partial charge in [0.1, 0.15) is 5.75 Å². The molecular weight excluding hydrogens is 250 g/mol. The lowest BCUT2D eigenvalue weighted by Gasteiger charge is -2.36. The van der Waals surface area contributed by atoms with E-state index < -0.39 is 0 Å². The zero-order valence-electron chi connectivity index (χ0n) is 11.8. The molecule has 3 rings (SSSR count). The highest BCUT2D eigenvalue weighted by atomic mass is 16.5. The highest BCUT2D eigenvalue weighted by molar-refractivity contribution is 5.30. The Hall–Kier alpha value is -1.81. The Labute approximate surface area is 119 Å². The van der Waals surface area contributed by atoms with Gasteiger partial charge >= 0.3 is 0 Å². The highest BCUT2D eigenvalue weighted by Gasteiger charge is 2.29. The predicted molar refractivity (Wildman–Crippen MR) is 79.0 cm³/mol. The molecule has 1 aromatic carbocycles. The van der Waals surface area contributed by atoms with E-state index in [1.165, 1.54) is 18.4 Å². The smallest absolute Gasteiger partial charge is 0.118 e. The number of benzene rings is 1. The lowest BCUT2D eigenvalue weighted by Crippen LogP contribution is -2.41. The molecule has 1 fully saturated rings. The van der Waals surface area contributed by atoms with Crippen LogP contribution in [0.4, 0.5) is 0 Å². The number of ether oxygens (including phenoxy) is 1. The molecule has 1 aliphatic rings. The van der Waals surface area contributed by atoms with Crippen molar-refractivity contribution in [2.45, 2.75) is 31.3 Å². The van der Waals surface area contributed by atoms with Gasteiger partial charge in [-0.1, -0.05) is 12.1 Å². The fourth-order valence-corrected chi connectivity index (χ4v) is 2.75. The third-order valence-corrected chi connectivity index (χ3v) is 4.06. The zero-order valence-corrected chi connectivity index (χ0v) is 11.8. The molecule has 2 aromatic rings. The van der Waals surface area contributed by atoms with Crippen molar-refractivity contribution in [3.63, 3.8) is 0 Å². The summed E-state index contributed by atoms with van der Waals surface area (Å²) >= 11 is 0. The van der Waals surface area contributed by atoms with Gasteiger partial charge in [0.15, 0.2) is 0 Å². The standard InChI is InChI=1S/C16H21N3O/c1-20-16-5-3-13(4-6-16)14-11-15(12-14)17-8-10-19-9-2-7-18-19/h2-7,9,14-15,17H,8,10-12H2,1H3. The number of hydrogen-bond donors (Lipinski definition) is 1. The summed E-state index contributed by atoms with van der Waals surface area (Å²) in [5, 5.41) is 7.79. The molecule has 0 saturated heterocycles. The first kappa shape index (κ1) is 13.2. The first-order chi connectivity index (χ1) is 9.85. The molecule has 1 aromatic heterocycles. The van der Waals surface area contributed by atoms with Crippen molar-refractivity contribution in [3.8, 4) is 5.75 Å². The Bertz CT molecular complexity index is 515. The second-order valence-corrected chi connectivity index (χ2v) is 5.36. The summed E-state index contributed by atoms with van der Waals surface area (Å²) < 4.78 is 7.15. The van der Waals surface area contributed by atoms with Crippen LogP contribution in [0.3, 0.4) is 0 Å². The van der Waals surface area contributed by atoms with Crippen LogP contribution < -0.4 is 10.1 Å². The first-order valence-corrected chi connectivity index (χ1v) is 7.20. The average molecular weight is 271 g/mol. The van der Waals surface area contributed by atoms with Gasteiger partial charge in [-0.3, -0.25) is 4.68 Å². The molecule has 4 nitrogen and oxygen atoms in total. The lowest BCUT2D eigenvalue weighted by atomic mass is 9.76. The van der Waals surface area contributed by atoms with E-state index in [2.05, 4.69) is 22.5 Å². The molecule has 1 N–H and O–H groups in total. The summed E-state index contributed by atoms with van der Waals surface area (Å²) in [6.45, 7) is 1.93. The van der Waals surface area contributed by atoms with Crippen LogP contribution in [0.2, 0.25) is 0 Å². The van der Waals surface area contributed by atoms with Crippen LogP contribution in [0.15, 0.2) is 42.7 Å². The number of nitrogens with zero attached hydrogens (tertiary/aromatic N) is 2. The van der Waals surface area contributed by atoms with Crippen LogP contribution in [0.5, 0.6) is 5.75 Å². The Morgan fingerprint density at radius 1 is 1.30 bits per heavy atom. The predicted octanol–water partition coefficient (Wildman–Crippen LogP) is 2.43. The van der Waals surface area contributed by atoms with Crippen LogP contribution in [0.1, 0.15) is 24.3 Å². The summed E-state index contributed by atoms with van der Waals surface area (Å²) in [5.41, 5.74) is 1.43. The minimum absolute atomic E-state index is 0.651. The van der Waals surface area contributed by atoms with Gasteiger partial charge in [0, 0.05) is 25.0 Å². The molecule has 0 radical (unpaired) electrons. The van der Waals surface area contributed by atoms with E-state index in [0.29, 0.717) is 12.0 Å². The van der Waals surface area contributed by atoms with E-state index >= 15 is 0 Å². The van der Waals surface area contributed by atoms with Gasteiger partial charge in [0.25, 0.3) is 0 Å². The fourth-order valence-electron chi connectivity index (χ4n) is 2.75. The topological polar surface area (TPSA) is 39.1 Å². The summed E-state index contributed by atoms with van der Waals surface area (Å²) in [6, 6.07) is 11.1. The van der Waals surface area contributed by atoms with Crippen molar-refractivity contribution in [1.82, 2.24) is 15.1 Å². The van der Waals surface area contributed by atoms with Gasteiger partial charge in [0.05, 0.1) is 13.7 Å². The van der Waals surface area contributed by atoms with E-state index in [1.54, 1.807) is 7.11 Å². The highest BCUT2D eigenvalue weighted by Crippen LogP contribution is 2.37. The van der Waals surface area contributed by atoms with Crippen LogP contribution in [0, 0.1) is 0 Å². The average Bonchev–Trinajstić information content (AvgIpc) is 2.95. The molecule has 0 spiro atoms. The molecule has 0 bridgehead atoms. The van der Waals surface area contributed by atoms with Gasteiger partial charge < -0.3 is 10.1 Å². The van der Waals surface area contributed by atoms with E-state index in [9.17, 15) is 0 Å². The van der Waals surface area contributed by atoms with Crippen molar-refractivity contribution >= 4 is 0 Å². The Morgan fingerprint density at radius 2 is 2.10 bits per heavy atom. The van der Waals surface area contributed by atoms with E-state index in [-0.39, 0.29) is 0 Å². The third-order valence-electron chi connectivity index (χ3n) is 4.06. The molecule has 1 aliphatic carbocycles. The molecule has 1 heterocycles. The second kappa shape index (κ2) is 6.09. The normalized spacial score (nSPS) is 21.4. The fraction of sp³-hybridized carbons (Fsp3) is 0.438. The van der Waals surface area contributed by atoms with Crippen molar-refractivity contribution in [1.29, 1.82) is 0 Å². The molecule has 20 heavy (non-hydrogen) atoms. The van der Waals surface area contributed by atoms with Gasteiger partial charge in [-0.25, -0.2) is 0 Å². The SMILES string of the molecule is COc1ccc(C2CC(NCCn3cccn3)C2)cc1. The van der Waals surface area contributed by atoms with Crippen LogP contribution >= 0.6 is 0 Å². The number of hydrogen-bond acceptors (Lipinski definition) is 3. The Kier molecular flexibility index (Phi) is 4.02. The molecule has 4 heteroatoms. The van der Waals surface area contributed by atoms with Gasteiger partial charge in [-0.05, 0) is 42.5 Å². The molecule has 106 valence electrons. The maximum absolute atomic E-state index is 5.19. The van der Waals surface area contributed by atoms with Crippen LogP contribution in [-0.4, -0.2) is 29.5 Å². The van der Waals surface area contributed by atoms with E-state index in [4.69, 9.17) is 4.74 Å². The molecule has 0 unspecified atom stereocenters. The molecular formula is C16H21N3O. The minimum Gasteiger partial charge on any atom is -0.497 e. The van der Waals surface area contributed by atoms with Gasteiger partial charge in [-0.15, -0.1) is 0 Å². The summed E-state index contributed by atoms with van der Waals surface area (Å²) in [7, 11) is 1.71. The monoisotopic (exact) mass is 271 g/mol. The molecule has 1 saturated carbocycles. The largest absolute Gasteiger partial charge is 0.497 e. The second-order valence-electron chi connectivity index (χ2n) is 5.36.